The normalized spacial score (nSPS) is 11.0. The number of nitrogens with one attached hydrogen (secondary N) is 1. The molecule has 0 saturated heterocycles. The zero-order valence-electron chi connectivity index (χ0n) is 14.5. The lowest BCUT2D eigenvalue weighted by molar-refractivity contribution is 0.939. The van der Waals surface area contributed by atoms with Crippen molar-refractivity contribution in [2.24, 2.45) is 0 Å². The number of hydrogen-bond acceptors (Lipinski definition) is 4. The summed E-state index contributed by atoms with van der Waals surface area (Å²) in [6, 6.07) is 18.3. The third kappa shape index (κ3) is 2.96. The van der Waals surface area contributed by atoms with Gasteiger partial charge in [-0.05, 0) is 32.4 Å². The lowest BCUT2D eigenvalue weighted by Crippen LogP contribution is -2.03. The number of anilines is 2. The van der Waals surface area contributed by atoms with E-state index in [1.54, 1.807) is 4.52 Å². The van der Waals surface area contributed by atoms with E-state index in [0.29, 0.717) is 11.6 Å². The van der Waals surface area contributed by atoms with Gasteiger partial charge in [0.2, 0.25) is 0 Å². The topological polar surface area (TPSA) is 55.1 Å². The van der Waals surface area contributed by atoms with Crippen molar-refractivity contribution in [3.63, 3.8) is 0 Å². The van der Waals surface area contributed by atoms with Crippen LogP contribution in [0, 0.1) is 20.8 Å². The van der Waals surface area contributed by atoms with Crippen molar-refractivity contribution in [2.75, 3.05) is 5.32 Å². The van der Waals surface area contributed by atoms with Crippen molar-refractivity contribution >= 4 is 17.3 Å². The Hall–Kier alpha value is -3.21. The van der Waals surface area contributed by atoms with Crippen LogP contribution in [0.4, 0.5) is 11.5 Å². The van der Waals surface area contributed by atoms with Gasteiger partial charge in [0.15, 0.2) is 5.82 Å². The summed E-state index contributed by atoms with van der Waals surface area (Å²) in [5.41, 5.74) is 5.35. The summed E-state index contributed by atoms with van der Waals surface area (Å²) in [6.45, 7) is 6.15. The smallest absolute Gasteiger partial charge is 0.254 e. The second kappa shape index (κ2) is 6.02. The summed E-state index contributed by atoms with van der Waals surface area (Å²) >= 11 is 0. The van der Waals surface area contributed by atoms with Gasteiger partial charge in [0.1, 0.15) is 5.82 Å². The lowest BCUT2D eigenvalue weighted by atomic mass is 10.1. The average molecular weight is 329 g/mol. The molecule has 1 N–H and O–H groups in total. The zero-order chi connectivity index (χ0) is 17.4. The van der Waals surface area contributed by atoms with Gasteiger partial charge in [0, 0.05) is 23.0 Å². The van der Waals surface area contributed by atoms with Crippen LogP contribution in [0.3, 0.4) is 0 Å². The number of aromatic nitrogens is 4. The molecule has 5 heteroatoms. The zero-order valence-corrected chi connectivity index (χ0v) is 14.5. The van der Waals surface area contributed by atoms with Gasteiger partial charge in [0.25, 0.3) is 5.78 Å². The largest absolute Gasteiger partial charge is 0.340 e. The van der Waals surface area contributed by atoms with E-state index in [2.05, 4.69) is 52.4 Å². The van der Waals surface area contributed by atoms with Crippen molar-refractivity contribution < 1.29 is 0 Å². The standard InChI is InChI=1S/C20H19N5/c1-13-9-10-17(14(2)11-13)22-18-12-15(3)21-20-23-19(24-25(18)20)16-7-5-4-6-8-16/h4-12,22H,1-3H3. The van der Waals surface area contributed by atoms with Crippen LogP contribution in [-0.2, 0) is 0 Å². The minimum atomic E-state index is 0.589. The molecule has 0 atom stereocenters. The van der Waals surface area contributed by atoms with Gasteiger partial charge >= 0.3 is 0 Å². The summed E-state index contributed by atoms with van der Waals surface area (Å²) in [4.78, 5) is 9.09. The highest BCUT2D eigenvalue weighted by Crippen LogP contribution is 2.23. The Bertz CT molecular complexity index is 1050. The number of fused-ring (bicyclic) bond motifs is 1. The van der Waals surface area contributed by atoms with Crippen LogP contribution in [0.2, 0.25) is 0 Å². The summed E-state index contributed by atoms with van der Waals surface area (Å²) in [6.07, 6.45) is 0. The summed E-state index contributed by atoms with van der Waals surface area (Å²) in [5.74, 6) is 2.11. The molecule has 0 saturated carbocycles. The Kier molecular flexibility index (Phi) is 3.69. The summed E-state index contributed by atoms with van der Waals surface area (Å²) in [5, 5.41) is 8.12. The number of hydrogen-bond donors (Lipinski definition) is 1. The molecule has 5 nitrogen and oxygen atoms in total. The Morgan fingerprint density at radius 3 is 2.44 bits per heavy atom. The average Bonchev–Trinajstić information content (AvgIpc) is 3.02. The fourth-order valence-electron chi connectivity index (χ4n) is 2.88. The first-order chi connectivity index (χ1) is 12.1. The fraction of sp³-hybridized carbons (Fsp3) is 0.150. The molecular weight excluding hydrogens is 310 g/mol. The van der Waals surface area contributed by atoms with Gasteiger partial charge in [0.05, 0.1) is 0 Å². The van der Waals surface area contributed by atoms with E-state index in [0.717, 1.165) is 22.8 Å². The fourth-order valence-corrected chi connectivity index (χ4v) is 2.88. The molecule has 0 aliphatic rings. The molecule has 124 valence electrons. The summed E-state index contributed by atoms with van der Waals surface area (Å²) in [7, 11) is 0. The second-order valence-corrected chi connectivity index (χ2v) is 6.24. The maximum absolute atomic E-state index is 4.65. The highest BCUT2D eigenvalue weighted by atomic mass is 15.4. The first-order valence-corrected chi connectivity index (χ1v) is 8.24. The highest BCUT2D eigenvalue weighted by molar-refractivity contribution is 5.64. The van der Waals surface area contributed by atoms with Crippen LogP contribution >= 0.6 is 0 Å². The van der Waals surface area contributed by atoms with Gasteiger partial charge < -0.3 is 5.32 Å². The van der Waals surface area contributed by atoms with E-state index in [1.165, 1.54) is 11.1 Å². The van der Waals surface area contributed by atoms with Crippen molar-refractivity contribution in [3.8, 4) is 11.4 Å². The predicted molar refractivity (Wildman–Crippen MR) is 100 cm³/mol. The first kappa shape index (κ1) is 15.3. The number of nitrogens with zero attached hydrogens (tertiary/aromatic N) is 4. The van der Waals surface area contributed by atoms with Crippen LogP contribution in [-0.4, -0.2) is 19.6 Å². The molecule has 2 aromatic carbocycles. The Morgan fingerprint density at radius 1 is 0.880 bits per heavy atom. The molecule has 4 rings (SSSR count). The van der Waals surface area contributed by atoms with Crippen molar-refractivity contribution in [1.82, 2.24) is 19.6 Å². The van der Waals surface area contributed by atoms with Gasteiger partial charge in [-0.3, -0.25) is 0 Å². The van der Waals surface area contributed by atoms with E-state index in [4.69, 9.17) is 0 Å². The molecule has 0 amide bonds. The molecule has 0 fully saturated rings. The van der Waals surface area contributed by atoms with Crippen molar-refractivity contribution in [3.05, 3.63) is 71.4 Å². The third-order valence-corrected chi connectivity index (χ3v) is 4.12. The summed E-state index contributed by atoms with van der Waals surface area (Å²) < 4.78 is 1.76. The maximum Gasteiger partial charge on any atom is 0.254 e. The SMILES string of the molecule is Cc1ccc(Nc2cc(C)nc3nc(-c4ccccc4)nn23)c(C)c1. The number of aryl methyl sites for hydroxylation is 3. The van der Waals surface area contributed by atoms with E-state index in [9.17, 15) is 0 Å². The monoisotopic (exact) mass is 329 g/mol. The van der Waals surface area contributed by atoms with Crippen LogP contribution in [0.15, 0.2) is 54.6 Å². The van der Waals surface area contributed by atoms with E-state index in [1.807, 2.05) is 43.3 Å². The predicted octanol–water partition coefficient (Wildman–Crippen LogP) is 4.46. The molecule has 0 unspecified atom stereocenters. The Labute approximate surface area is 146 Å². The minimum Gasteiger partial charge on any atom is -0.340 e. The minimum absolute atomic E-state index is 0.589. The molecule has 0 spiro atoms. The lowest BCUT2D eigenvalue weighted by Gasteiger charge is -2.11. The second-order valence-electron chi connectivity index (χ2n) is 6.24. The molecule has 0 aliphatic heterocycles. The Morgan fingerprint density at radius 2 is 1.68 bits per heavy atom. The van der Waals surface area contributed by atoms with Gasteiger partial charge in [-0.25, -0.2) is 4.98 Å². The number of benzene rings is 2. The Balaban J connectivity index is 1.82. The van der Waals surface area contributed by atoms with Crippen LogP contribution in [0.25, 0.3) is 17.2 Å². The van der Waals surface area contributed by atoms with E-state index in [-0.39, 0.29) is 0 Å². The molecule has 0 aliphatic carbocycles. The highest BCUT2D eigenvalue weighted by Gasteiger charge is 2.12. The first-order valence-electron chi connectivity index (χ1n) is 8.24. The molecule has 4 aromatic rings. The van der Waals surface area contributed by atoms with Crippen LogP contribution in [0.5, 0.6) is 0 Å². The van der Waals surface area contributed by atoms with E-state index < -0.39 is 0 Å². The van der Waals surface area contributed by atoms with Crippen LogP contribution < -0.4 is 5.32 Å². The molecule has 2 aromatic heterocycles. The third-order valence-electron chi connectivity index (χ3n) is 4.12. The molecule has 0 radical (unpaired) electrons. The van der Waals surface area contributed by atoms with Gasteiger partial charge in [-0.1, -0.05) is 48.0 Å². The quantitative estimate of drug-likeness (QED) is 0.603. The maximum atomic E-state index is 4.65. The van der Waals surface area contributed by atoms with Crippen molar-refractivity contribution in [1.29, 1.82) is 0 Å². The van der Waals surface area contributed by atoms with E-state index >= 15 is 0 Å². The molecule has 0 bridgehead atoms. The van der Waals surface area contributed by atoms with Crippen LogP contribution in [0.1, 0.15) is 16.8 Å². The van der Waals surface area contributed by atoms with Crippen molar-refractivity contribution in [2.45, 2.75) is 20.8 Å². The number of rotatable bonds is 3. The molecule has 25 heavy (non-hydrogen) atoms. The molecule has 2 heterocycles. The molecular formula is C20H19N5. The van der Waals surface area contributed by atoms with Gasteiger partial charge in [-0.15, -0.1) is 5.10 Å². The van der Waals surface area contributed by atoms with Gasteiger partial charge in [-0.2, -0.15) is 9.50 Å².